The van der Waals surface area contributed by atoms with E-state index in [4.69, 9.17) is 11.6 Å². The fraction of sp³-hybridized carbons (Fsp3) is 0.333. The zero-order valence-corrected chi connectivity index (χ0v) is 9.87. The highest BCUT2D eigenvalue weighted by Gasteiger charge is 2.19. The first-order valence-electron chi connectivity index (χ1n) is 5.24. The number of amides is 1. The molecule has 3 nitrogen and oxygen atoms in total. The number of nitrogens with zero attached hydrogens (tertiary/aromatic N) is 2. The molecule has 0 unspecified atom stereocenters. The SMILES string of the molecule is CC1=CCCN(C(=O)c2cccc(Cl)n2)C1. The van der Waals surface area contributed by atoms with Gasteiger partial charge in [0.2, 0.25) is 0 Å². The van der Waals surface area contributed by atoms with Crippen LogP contribution in [0, 0.1) is 0 Å². The minimum absolute atomic E-state index is 0.0463. The lowest BCUT2D eigenvalue weighted by Gasteiger charge is -2.25. The van der Waals surface area contributed by atoms with Crippen LogP contribution in [0.3, 0.4) is 0 Å². The Balaban J connectivity index is 2.16. The van der Waals surface area contributed by atoms with Gasteiger partial charge in [0.25, 0.3) is 5.91 Å². The number of carbonyl (C=O) groups is 1. The molecule has 0 aliphatic carbocycles. The summed E-state index contributed by atoms with van der Waals surface area (Å²) < 4.78 is 0. The van der Waals surface area contributed by atoms with Crippen LogP contribution in [-0.4, -0.2) is 28.9 Å². The molecule has 0 saturated heterocycles. The van der Waals surface area contributed by atoms with E-state index in [0.29, 0.717) is 17.4 Å². The second kappa shape index (κ2) is 4.66. The van der Waals surface area contributed by atoms with Crippen molar-refractivity contribution in [1.29, 1.82) is 0 Å². The second-order valence-electron chi connectivity index (χ2n) is 3.91. The lowest BCUT2D eigenvalue weighted by atomic mass is 10.1. The van der Waals surface area contributed by atoms with Crippen LogP contribution < -0.4 is 0 Å². The molecule has 0 bridgehead atoms. The molecule has 0 saturated carbocycles. The molecular formula is C12H13ClN2O. The Kier molecular flexibility index (Phi) is 3.25. The number of pyridine rings is 1. The highest BCUT2D eigenvalue weighted by Crippen LogP contribution is 2.13. The molecule has 2 rings (SSSR count). The average Bonchev–Trinajstić information content (AvgIpc) is 2.28. The summed E-state index contributed by atoms with van der Waals surface area (Å²) in [6.07, 6.45) is 3.08. The number of hydrogen-bond acceptors (Lipinski definition) is 2. The molecule has 1 aromatic heterocycles. The molecular weight excluding hydrogens is 224 g/mol. The molecule has 0 atom stereocenters. The van der Waals surface area contributed by atoms with Gasteiger partial charge in [-0.2, -0.15) is 0 Å². The highest BCUT2D eigenvalue weighted by atomic mass is 35.5. The molecule has 0 fully saturated rings. The van der Waals surface area contributed by atoms with Crippen molar-refractivity contribution in [2.24, 2.45) is 0 Å². The summed E-state index contributed by atoms with van der Waals surface area (Å²) in [5, 5.41) is 0.357. The van der Waals surface area contributed by atoms with Gasteiger partial charge in [0.05, 0.1) is 0 Å². The topological polar surface area (TPSA) is 33.2 Å². The fourth-order valence-electron chi connectivity index (χ4n) is 1.77. The summed E-state index contributed by atoms with van der Waals surface area (Å²) >= 11 is 5.76. The van der Waals surface area contributed by atoms with Crippen LogP contribution in [0.25, 0.3) is 0 Å². The Morgan fingerprint density at radius 3 is 3.00 bits per heavy atom. The summed E-state index contributed by atoms with van der Waals surface area (Å²) in [5.41, 5.74) is 1.64. The summed E-state index contributed by atoms with van der Waals surface area (Å²) in [6.45, 7) is 3.47. The molecule has 84 valence electrons. The minimum atomic E-state index is -0.0463. The van der Waals surface area contributed by atoms with Crippen LogP contribution in [0.5, 0.6) is 0 Å². The maximum absolute atomic E-state index is 12.1. The molecule has 0 N–H and O–H groups in total. The highest BCUT2D eigenvalue weighted by molar-refractivity contribution is 6.29. The van der Waals surface area contributed by atoms with Crippen LogP contribution in [-0.2, 0) is 0 Å². The number of halogens is 1. The quantitative estimate of drug-likeness (QED) is 0.555. The van der Waals surface area contributed by atoms with E-state index in [9.17, 15) is 4.79 Å². The molecule has 4 heteroatoms. The Labute approximate surface area is 99.7 Å². The minimum Gasteiger partial charge on any atom is -0.333 e. The average molecular weight is 237 g/mol. The van der Waals surface area contributed by atoms with Crippen LogP contribution >= 0.6 is 11.6 Å². The lowest BCUT2D eigenvalue weighted by Crippen LogP contribution is -2.35. The number of hydrogen-bond donors (Lipinski definition) is 0. The van der Waals surface area contributed by atoms with Gasteiger partial charge < -0.3 is 4.90 Å². The Hall–Kier alpha value is -1.35. The first-order chi connectivity index (χ1) is 7.66. The monoisotopic (exact) mass is 236 g/mol. The molecule has 1 aliphatic heterocycles. The summed E-state index contributed by atoms with van der Waals surface area (Å²) in [5.74, 6) is -0.0463. The third kappa shape index (κ3) is 2.42. The zero-order valence-electron chi connectivity index (χ0n) is 9.11. The molecule has 1 aliphatic rings. The van der Waals surface area contributed by atoms with E-state index < -0.39 is 0 Å². The number of carbonyl (C=O) groups excluding carboxylic acids is 1. The van der Waals surface area contributed by atoms with Crippen LogP contribution in [0.15, 0.2) is 29.8 Å². The largest absolute Gasteiger partial charge is 0.333 e. The molecule has 1 aromatic rings. The van der Waals surface area contributed by atoms with Gasteiger partial charge in [0.15, 0.2) is 0 Å². The van der Waals surface area contributed by atoms with Crippen LogP contribution in [0.4, 0.5) is 0 Å². The van der Waals surface area contributed by atoms with Gasteiger partial charge in [-0.25, -0.2) is 4.98 Å². The Bertz CT molecular complexity index is 442. The Morgan fingerprint density at radius 1 is 1.50 bits per heavy atom. The smallest absolute Gasteiger partial charge is 0.272 e. The first-order valence-corrected chi connectivity index (χ1v) is 5.62. The molecule has 0 spiro atoms. The zero-order chi connectivity index (χ0) is 11.5. The van der Waals surface area contributed by atoms with E-state index in [-0.39, 0.29) is 5.91 Å². The van der Waals surface area contributed by atoms with E-state index in [1.165, 1.54) is 5.57 Å². The molecule has 1 amide bonds. The first kappa shape index (κ1) is 11.1. The van der Waals surface area contributed by atoms with Gasteiger partial charge in [0, 0.05) is 13.1 Å². The lowest BCUT2D eigenvalue weighted by molar-refractivity contribution is 0.0760. The fourth-order valence-corrected chi connectivity index (χ4v) is 1.94. The van der Waals surface area contributed by atoms with E-state index >= 15 is 0 Å². The van der Waals surface area contributed by atoms with Crippen molar-refractivity contribution < 1.29 is 4.79 Å². The van der Waals surface area contributed by atoms with Gasteiger partial charge in [-0.15, -0.1) is 0 Å². The maximum atomic E-state index is 12.1. The standard InChI is InChI=1S/C12H13ClN2O/c1-9-4-3-7-15(8-9)12(16)10-5-2-6-11(13)14-10/h2,4-6H,3,7-8H2,1H3. The third-order valence-electron chi connectivity index (χ3n) is 2.55. The van der Waals surface area contributed by atoms with Crippen molar-refractivity contribution in [2.75, 3.05) is 13.1 Å². The summed E-state index contributed by atoms with van der Waals surface area (Å²) in [7, 11) is 0. The molecule has 0 radical (unpaired) electrons. The van der Waals surface area contributed by atoms with Crippen LogP contribution in [0.2, 0.25) is 5.15 Å². The van der Waals surface area contributed by atoms with Gasteiger partial charge in [0.1, 0.15) is 10.8 Å². The normalized spacial score (nSPS) is 15.9. The van der Waals surface area contributed by atoms with E-state index in [0.717, 1.165) is 13.0 Å². The molecule has 2 heterocycles. The summed E-state index contributed by atoms with van der Waals surface area (Å²) in [6, 6.07) is 5.11. The molecule has 0 aromatic carbocycles. The van der Waals surface area contributed by atoms with Gasteiger partial charge in [-0.3, -0.25) is 4.79 Å². The summed E-state index contributed by atoms with van der Waals surface area (Å²) in [4.78, 5) is 17.9. The predicted octanol–water partition coefficient (Wildman–Crippen LogP) is 2.53. The number of rotatable bonds is 1. The Morgan fingerprint density at radius 2 is 2.31 bits per heavy atom. The van der Waals surface area contributed by atoms with Crippen molar-refractivity contribution in [1.82, 2.24) is 9.88 Å². The van der Waals surface area contributed by atoms with Crippen molar-refractivity contribution >= 4 is 17.5 Å². The van der Waals surface area contributed by atoms with Gasteiger partial charge in [-0.05, 0) is 25.5 Å². The molecule has 16 heavy (non-hydrogen) atoms. The van der Waals surface area contributed by atoms with E-state index in [1.54, 1.807) is 23.1 Å². The number of aromatic nitrogens is 1. The van der Waals surface area contributed by atoms with Gasteiger partial charge >= 0.3 is 0 Å². The van der Waals surface area contributed by atoms with Crippen molar-refractivity contribution in [3.63, 3.8) is 0 Å². The van der Waals surface area contributed by atoms with E-state index in [2.05, 4.69) is 11.1 Å². The van der Waals surface area contributed by atoms with E-state index in [1.807, 2.05) is 6.92 Å². The second-order valence-corrected chi connectivity index (χ2v) is 4.30. The maximum Gasteiger partial charge on any atom is 0.272 e. The third-order valence-corrected chi connectivity index (χ3v) is 2.76. The predicted molar refractivity (Wildman–Crippen MR) is 63.5 cm³/mol. The van der Waals surface area contributed by atoms with Crippen molar-refractivity contribution in [3.05, 3.63) is 40.7 Å². The van der Waals surface area contributed by atoms with Crippen molar-refractivity contribution in [2.45, 2.75) is 13.3 Å². The van der Waals surface area contributed by atoms with Crippen LogP contribution in [0.1, 0.15) is 23.8 Å². The van der Waals surface area contributed by atoms with Crippen molar-refractivity contribution in [3.8, 4) is 0 Å². The van der Waals surface area contributed by atoms with Gasteiger partial charge in [-0.1, -0.05) is 29.3 Å².